The fourth-order valence-electron chi connectivity index (χ4n) is 4.56. The van der Waals surface area contributed by atoms with Gasteiger partial charge >= 0.3 is 5.91 Å². The summed E-state index contributed by atoms with van der Waals surface area (Å²) in [5, 5.41) is 11.8. The van der Waals surface area contributed by atoms with Crippen LogP contribution in [0.25, 0.3) is 16.0 Å². The number of fused-ring (bicyclic) bond motifs is 1. The number of hydrogen-bond acceptors (Lipinski definition) is 7. The largest absolute Gasteiger partial charge is 0.507 e. The molecular formula is C30H28N2O5S. The number of nitrogens with zero attached hydrogens (tertiary/aromatic N) is 2. The lowest BCUT2D eigenvalue weighted by Gasteiger charge is -2.24. The molecule has 194 valence electrons. The maximum absolute atomic E-state index is 13.5. The van der Waals surface area contributed by atoms with E-state index in [1.54, 1.807) is 37.4 Å². The van der Waals surface area contributed by atoms with E-state index in [2.05, 4.69) is 25.8 Å². The Balaban J connectivity index is 1.71. The lowest BCUT2D eigenvalue weighted by Crippen LogP contribution is -2.29. The van der Waals surface area contributed by atoms with Crippen LogP contribution in [0.3, 0.4) is 0 Å². The van der Waals surface area contributed by atoms with Crippen LogP contribution in [-0.2, 0) is 15.0 Å². The maximum Gasteiger partial charge on any atom is 0.301 e. The highest BCUT2D eigenvalue weighted by Crippen LogP contribution is 2.45. The van der Waals surface area contributed by atoms with Crippen LogP contribution in [0, 0.1) is 0 Å². The SMILES string of the molecule is COc1cccc(/C(O)=C2\C(=O)C(=O)N(c3nc4ccc(OC)cc4s3)C2c2ccc(C(C)(C)C)cc2)c1. The lowest BCUT2D eigenvalue weighted by atomic mass is 9.85. The normalized spacial score (nSPS) is 17.3. The average molecular weight is 529 g/mol. The molecule has 1 saturated heterocycles. The van der Waals surface area contributed by atoms with Crippen molar-refractivity contribution in [3.8, 4) is 11.5 Å². The fourth-order valence-corrected chi connectivity index (χ4v) is 5.58. The minimum absolute atomic E-state index is 0.00333. The van der Waals surface area contributed by atoms with Crippen molar-refractivity contribution < 1.29 is 24.2 Å². The van der Waals surface area contributed by atoms with Crippen LogP contribution in [0.5, 0.6) is 11.5 Å². The summed E-state index contributed by atoms with van der Waals surface area (Å²) < 4.78 is 11.5. The van der Waals surface area contributed by atoms with E-state index in [0.29, 0.717) is 33.3 Å². The Labute approximate surface area is 225 Å². The van der Waals surface area contributed by atoms with Gasteiger partial charge in [0, 0.05) is 5.56 Å². The molecule has 1 fully saturated rings. The maximum atomic E-state index is 13.5. The minimum atomic E-state index is -0.863. The summed E-state index contributed by atoms with van der Waals surface area (Å²) >= 11 is 1.29. The number of aliphatic hydroxyl groups excluding tert-OH is 1. The van der Waals surface area contributed by atoms with Crippen molar-refractivity contribution in [1.82, 2.24) is 4.98 Å². The highest BCUT2D eigenvalue weighted by Gasteiger charge is 2.48. The molecule has 1 amide bonds. The molecule has 8 heteroatoms. The predicted octanol–water partition coefficient (Wildman–Crippen LogP) is 6.24. The Bertz CT molecular complexity index is 1580. The van der Waals surface area contributed by atoms with E-state index in [1.807, 2.05) is 36.4 Å². The summed E-state index contributed by atoms with van der Waals surface area (Å²) in [6, 6.07) is 19.1. The second kappa shape index (κ2) is 9.61. The van der Waals surface area contributed by atoms with Crippen LogP contribution in [0.1, 0.15) is 43.5 Å². The number of ketones is 1. The topological polar surface area (TPSA) is 89.0 Å². The Hall–Kier alpha value is -4.17. The lowest BCUT2D eigenvalue weighted by molar-refractivity contribution is -0.132. The third-order valence-electron chi connectivity index (χ3n) is 6.67. The minimum Gasteiger partial charge on any atom is -0.507 e. The van der Waals surface area contributed by atoms with Crippen LogP contribution in [0.4, 0.5) is 5.13 Å². The quantitative estimate of drug-likeness (QED) is 0.187. The second-order valence-electron chi connectivity index (χ2n) is 10.1. The average Bonchev–Trinajstić information content (AvgIpc) is 3.45. The van der Waals surface area contributed by atoms with Gasteiger partial charge in [0.25, 0.3) is 5.78 Å². The number of amides is 1. The molecule has 1 aliphatic heterocycles. The predicted molar refractivity (Wildman–Crippen MR) is 149 cm³/mol. The van der Waals surface area contributed by atoms with Gasteiger partial charge in [-0.2, -0.15) is 0 Å². The zero-order valence-corrected chi connectivity index (χ0v) is 22.6. The van der Waals surface area contributed by atoms with Gasteiger partial charge in [-0.15, -0.1) is 0 Å². The number of Topliss-reactive ketones (excluding diaryl/α,β-unsaturated/α-hetero) is 1. The number of thiazole rings is 1. The van der Waals surface area contributed by atoms with E-state index in [0.717, 1.165) is 10.3 Å². The Morgan fingerprint density at radius 2 is 1.63 bits per heavy atom. The van der Waals surface area contributed by atoms with Crippen molar-refractivity contribution in [2.24, 2.45) is 0 Å². The smallest absolute Gasteiger partial charge is 0.301 e. The molecule has 4 aromatic rings. The number of ether oxygens (including phenoxy) is 2. The van der Waals surface area contributed by atoms with Gasteiger partial charge in [-0.05, 0) is 46.9 Å². The second-order valence-corrected chi connectivity index (χ2v) is 11.1. The molecular weight excluding hydrogens is 500 g/mol. The molecule has 1 unspecified atom stereocenters. The molecule has 0 aliphatic carbocycles. The van der Waals surface area contributed by atoms with Crippen molar-refractivity contribution in [3.63, 3.8) is 0 Å². The third kappa shape index (κ3) is 4.41. The van der Waals surface area contributed by atoms with Crippen LogP contribution >= 0.6 is 11.3 Å². The molecule has 1 aliphatic rings. The van der Waals surface area contributed by atoms with Gasteiger partial charge in [-0.25, -0.2) is 4.98 Å². The van der Waals surface area contributed by atoms with Gasteiger partial charge in [0.1, 0.15) is 17.3 Å². The van der Waals surface area contributed by atoms with Gasteiger partial charge < -0.3 is 14.6 Å². The van der Waals surface area contributed by atoms with Gasteiger partial charge in [0.15, 0.2) is 5.13 Å². The Morgan fingerprint density at radius 1 is 0.947 bits per heavy atom. The molecule has 0 bridgehead atoms. The summed E-state index contributed by atoms with van der Waals surface area (Å²) in [4.78, 5) is 33.1. The van der Waals surface area contributed by atoms with Crippen LogP contribution in [0.15, 0.2) is 72.3 Å². The number of benzene rings is 3. The first-order chi connectivity index (χ1) is 18.1. The first-order valence-electron chi connectivity index (χ1n) is 12.1. The van der Waals surface area contributed by atoms with Crippen molar-refractivity contribution in [3.05, 3.63) is 89.0 Å². The third-order valence-corrected chi connectivity index (χ3v) is 7.69. The van der Waals surface area contributed by atoms with E-state index in [9.17, 15) is 14.7 Å². The number of aromatic nitrogens is 1. The molecule has 7 nitrogen and oxygen atoms in total. The van der Waals surface area contributed by atoms with Gasteiger partial charge in [0.2, 0.25) is 0 Å². The molecule has 5 rings (SSSR count). The van der Waals surface area contributed by atoms with Gasteiger partial charge in [-0.3, -0.25) is 14.5 Å². The number of rotatable bonds is 5. The van der Waals surface area contributed by atoms with Crippen LogP contribution in [-0.4, -0.2) is 36.0 Å². The van der Waals surface area contributed by atoms with Gasteiger partial charge in [0.05, 0.1) is 36.1 Å². The number of carbonyl (C=O) groups excluding carboxylic acids is 2. The first kappa shape index (κ1) is 25.5. The fraction of sp³-hybridized carbons (Fsp3) is 0.233. The van der Waals surface area contributed by atoms with Crippen molar-refractivity contribution >= 4 is 44.1 Å². The molecule has 2 heterocycles. The summed E-state index contributed by atoms with van der Waals surface area (Å²) in [6.07, 6.45) is 0. The Kier molecular flexibility index (Phi) is 6.44. The molecule has 38 heavy (non-hydrogen) atoms. The number of anilines is 1. The van der Waals surface area contributed by atoms with E-state index in [4.69, 9.17) is 9.47 Å². The summed E-state index contributed by atoms with van der Waals surface area (Å²) in [6.45, 7) is 6.35. The molecule has 1 atom stereocenters. The monoisotopic (exact) mass is 528 g/mol. The number of aliphatic hydroxyl groups is 1. The highest BCUT2D eigenvalue weighted by molar-refractivity contribution is 7.22. The number of methoxy groups -OCH3 is 2. The van der Waals surface area contributed by atoms with E-state index < -0.39 is 17.7 Å². The molecule has 0 saturated carbocycles. The molecule has 0 spiro atoms. The summed E-state index contributed by atoms with van der Waals surface area (Å²) in [5.74, 6) is -0.591. The zero-order valence-electron chi connectivity index (χ0n) is 21.8. The highest BCUT2D eigenvalue weighted by atomic mass is 32.1. The Morgan fingerprint density at radius 3 is 2.29 bits per heavy atom. The van der Waals surface area contributed by atoms with Crippen molar-refractivity contribution in [2.75, 3.05) is 19.1 Å². The summed E-state index contributed by atoms with van der Waals surface area (Å²) in [7, 11) is 3.11. The van der Waals surface area contributed by atoms with Crippen LogP contribution < -0.4 is 14.4 Å². The summed E-state index contributed by atoms with van der Waals surface area (Å²) in [5.41, 5.74) is 2.79. The molecule has 1 aromatic heterocycles. The van der Waals surface area contributed by atoms with E-state index in [1.165, 1.54) is 23.3 Å². The van der Waals surface area contributed by atoms with Crippen molar-refractivity contribution in [2.45, 2.75) is 32.2 Å². The molecule has 1 N–H and O–H groups in total. The zero-order chi connectivity index (χ0) is 27.2. The van der Waals surface area contributed by atoms with Crippen molar-refractivity contribution in [1.29, 1.82) is 0 Å². The van der Waals surface area contributed by atoms with Crippen LogP contribution in [0.2, 0.25) is 0 Å². The molecule has 0 radical (unpaired) electrons. The first-order valence-corrected chi connectivity index (χ1v) is 12.9. The standard InChI is InChI=1S/C30H28N2O5S/c1-30(2,3)19-11-9-17(10-12-19)25-24(26(33)18-7-6-8-20(15-18)36-4)27(34)28(35)32(25)29-31-22-14-13-21(37-5)16-23(22)38-29/h6-16,25,33H,1-5H3/b26-24+. The van der Waals surface area contributed by atoms with E-state index in [-0.39, 0.29) is 16.7 Å². The van der Waals surface area contributed by atoms with E-state index >= 15 is 0 Å². The number of carbonyl (C=O) groups is 2. The number of hydrogen-bond donors (Lipinski definition) is 1. The molecule has 3 aromatic carbocycles. The van der Waals surface area contributed by atoms with Gasteiger partial charge in [-0.1, -0.05) is 68.5 Å².